The number of nitrogens with one attached hydrogen (secondary N) is 1. The van der Waals surface area contributed by atoms with Crippen LogP contribution in [0, 0.1) is 6.92 Å². The molecule has 3 N–H and O–H groups in total. The lowest BCUT2D eigenvalue weighted by Crippen LogP contribution is -2.38. The number of nitrogens with zero attached hydrogens (tertiary/aromatic N) is 1. The highest BCUT2D eigenvalue weighted by Gasteiger charge is 2.24. The van der Waals surface area contributed by atoms with Gasteiger partial charge in [-0.2, -0.15) is 4.31 Å². The molecule has 0 aromatic heterocycles. The van der Waals surface area contributed by atoms with Gasteiger partial charge in [-0.1, -0.05) is 6.07 Å². The first-order chi connectivity index (χ1) is 8.78. The summed E-state index contributed by atoms with van der Waals surface area (Å²) in [6, 6.07) is 4.68. The predicted molar refractivity (Wildman–Crippen MR) is 74.1 cm³/mol. The van der Waals surface area contributed by atoms with Crippen LogP contribution in [0.2, 0.25) is 0 Å². The molecule has 0 aliphatic carbocycles. The summed E-state index contributed by atoms with van der Waals surface area (Å²) in [5, 5.41) is 2.56. The molecule has 0 aliphatic heterocycles. The highest BCUT2D eigenvalue weighted by molar-refractivity contribution is 7.89. The van der Waals surface area contributed by atoms with E-state index in [1.807, 2.05) is 0 Å². The van der Waals surface area contributed by atoms with Gasteiger partial charge in [-0.05, 0) is 31.5 Å². The third-order valence-electron chi connectivity index (χ3n) is 2.64. The molecule has 19 heavy (non-hydrogen) atoms. The van der Waals surface area contributed by atoms with Crippen LogP contribution in [0.5, 0.6) is 0 Å². The minimum absolute atomic E-state index is 0.124. The lowest BCUT2D eigenvalue weighted by molar-refractivity contribution is -0.121. The van der Waals surface area contributed by atoms with Crippen LogP contribution in [0.15, 0.2) is 23.1 Å². The first kappa shape index (κ1) is 15.5. The van der Waals surface area contributed by atoms with Gasteiger partial charge in [-0.15, -0.1) is 0 Å². The highest BCUT2D eigenvalue weighted by Crippen LogP contribution is 2.21. The van der Waals surface area contributed by atoms with Crippen molar-refractivity contribution in [3.8, 4) is 0 Å². The molecule has 0 aliphatic rings. The summed E-state index contributed by atoms with van der Waals surface area (Å²) in [4.78, 5) is 11.6. The average molecular weight is 285 g/mol. The number of nitrogens with two attached hydrogens (primary N) is 1. The Labute approximate surface area is 113 Å². The third kappa shape index (κ3) is 3.68. The lowest BCUT2D eigenvalue weighted by atomic mass is 10.2. The highest BCUT2D eigenvalue weighted by atomic mass is 32.2. The second kappa shape index (κ2) is 6.03. The van der Waals surface area contributed by atoms with E-state index in [2.05, 4.69) is 5.32 Å². The van der Waals surface area contributed by atoms with Gasteiger partial charge in [0.2, 0.25) is 15.9 Å². The molecule has 1 aromatic carbocycles. The number of carbonyl (C=O) groups excluding carboxylic acids is 1. The Balaban J connectivity index is 3.03. The van der Waals surface area contributed by atoms with E-state index in [1.165, 1.54) is 13.1 Å². The summed E-state index contributed by atoms with van der Waals surface area (Å²) in [5.41, 5.74) is 6.58. The van der Waals surface area contributed by atoms with Gasteiger partial charge < -0.3 is 11.1 Å². The van der Waals surface area contributed by atoms with Gasteiger partial charge in [0.15, 0.2) is 0 Å². The molecule has 6 nitrogen and oxygen atoms in total. The molecule has 0 unspecified atom stereocenters. The maximum Gasteiger partial charge on any atom is 0.243 e. The molecule has 0 saturated carbocycles. The molecule has 0 atom stereocenters. The van der Waals surface area contributed by atoms with E-state index < -0.39 is 10.0 Å². The van der Waals surface area contributed by atoms with E-state index in [4.69, 9.17) is 5.73 Å². The number of hydrogen-bond acceptors (Lipinski definition) is 4. The van der Waals surface area contributed by atoms with Crippen molar-refractivity contribution in [3.05, 3.63) is 23.8 Å². The molecule has 1 rings (SSSR count). The van der Waals surface area contributed by atoms with Gasteiger partial charge in [-0.3, -0.25) is 4.79 Å². The molecular weight excluding hydrogens is 266 g/mol. The number of carbonyl (C=O) groups is 1. The van der Waals surface area contributed by atoms with Gasteiger partial charge >= 0.3 is 0 Å². The van der Waals surface area contributed by atoms with Gasteiger partial charge in [-0.25, -0.2) is 8.42 Å². The minimum Gasteiger partial charge on any atom is -0.399 e. The predicted octanol–water partition coefficient (Wildman–Crippen LogP) is 0.334. The van der Waals surface area contributed by atoms with E-state index >= 15 is 0 Å². The summed E-state index contributed by atoms with van der Waals surface area (Å²) >= 11 is 0. The van der Waals surface area contributed by atoms with Crippen molar-refractivity contribution in [2.45, 2.75) is 18.7 Å². The van der Waals surface area contributed by atoms with Crippen LogP contribution in [0.25, 0.3) is 0 Å². The number of amides is 1. The van der Waals surface area contributed by atoms with E-state index in [0.717, 1.165) is 4.31 Å². The zero-order valence-electron chi connectivity index (χ0n) is 11.3. The summed E-state index contributed by atoms with van der Waals surface area (Å²) in [5.74, 6) is -0.338. The average Bonchev–Trinajstić information content (AvgIpc) is 2.32. The van der Waals surface area contributed by atoms with Crippen LogP contribution in [-0.2, 0) is 14.8 Å². The number of sulfonamides is 1. The third-order valence-corrected chi connectivity index (χ3v) is 4.59. The smallest absolute Gasteiger partial charge is 0.243 e. The van der Waals surface area contributed by atoms with Crippen molar-refractivity contribution < 1.29 is 13.2 Å². The summed E-state index contributed by atoms with van der Waals surface area (Å²) in [7, 11) is -2.34. The minimum atomic E-state index is -3.71. The number of likely N-dealkylation sites (N-methyl/N-ethyl adjacent to an activating group) is 2. The Morgan fingerprint density at radius 2 is 2.05 bits per heavy atom. The Kier molecular flexibility index (Phi) is 4.90. The molecule has 106 valence electrons. The van der Waals surface area contributed by atoms with Crippen molar-refractivity contribution in [1.29, 1.82) is 0 Å². The maximum atomic E-state index is 12.3. The monoisotopic (exact) mass is 285 g/mol. The molecule has 0 bridgehead atoms. The number of benzene rings is 1. The zero-order valence-corrected chi connectivity index (χ0v) is 12.1. The van der Waals surface area contributed by atoms with Crippen molar-refractivity contribution >= 4 is 21.6 Å². The fraction of sp³-hybridized carbons (Fsp3) is 0.417. The van der Waals surface area contributed by atoms with Crippen molar-refractivity contribution in [3.63, 3.8) is 0 Å². The number of anilines is 1. The largest absolute Gasteiger partial charge is 0.399 e. The molecule has 0 heterocycles. The first-order valence-corrected chi connectivity index (χ1v) is 7.32. The molecule has 0 spiro atoms. The quantitative estimate of drug-likeness (QED) is 0.763. The summed E-state index contributed by atoms with van der Waals surface area (Å²) < 4.78 is 25.7. The second-order valence-corrected chi connectivity index (χ2v) is 6.25. The van der Waals surface area contributed by atoms with Crippen LogP contribution in [-0.4, -0.2) is 38.8 Å². The Hall–Kier alpha value is -1.60. The van der Waals surface area contributed by atoms with Gasteiger partial charge in [0.25, 0.3) is 0 Å². The zero-order chi connectivity index (χ0) is 14.6. The number of rotatable bonds is 5. The normalized spacial score (nSPS) is 11.6. The van der Waals surface area contributed by atoms with E-state index in [1.54, 1.807) is 26.0 Å². The van der Waals surface area contributed by atoms with Crippen molar-refractivity contribution in [2.24, 2.45) is 0 Å². The molecule has 1 aromatic rings. The maximum absolute atomic E-state index is 12.3. The Morgan fingerprint density at radius 3 is 2.63 bits per heavy atom. The van der Waals surface area contributed by atoms with Crippen LogP contribution < -0.4 is 11.1 Å². The van der Waals surface area contributed by atoms with Gasteiger partial charge in [0, 0.05) is 19.3 Å². The molecule has 7 heteroatoms. The SMILES string of the molecule is CCNC(=O)CN(C)S(=O)(=O)c1cc(N)ccc1C. The van der Waals surface area contributed by atoms with Crippen LogP contribution in [0.4, 0.5) is 5.69 Å². The molecule has 0 saturated heterocycles. The number of aryl methyl sites for hydroxylation is 1. The van der Waals surface area contributed by atoms with Crippen LogP contribution in [0.1, 0.15) is 12.5 Å². The number of hydrogen-bond donors (Lipinski definition) is 2. The van der Waals surface area contributed by atoms with Crippen LogP contribution in [0.3, 0.4) is 0 Å². The summed E-state index contributed by atoms with van der Waals surface area (Å²) in [6.45, 7) is 3.70. The fourth-order valence-electron chi connectivity index (χ4n) is 1.60. The first-order valence-electron chi connectivity index (χ1n) is 5.88. The van der Waals surface area contributed by atoms with E-state index in [-0.39, 0.29) is 17.3 Å². The van der Waals surface area contributed by atoms with E-state index in [9.17, 15) is 13.2 Å². The fourth-order valence-corrected chi connectivity index (χ4v) is 2.99. The molecule has 0 fully saturated rings. The molecular formula is C12H19N3O3S. The van der Waals surface area contributed by atoms with Crippen molar-refractivity contribution in [1.82, 2.24) is 9.62 Å². The van der Waals surface area contributed by atoms with Gasteiger partial charge in [0.05, 0.1) is 11.4 Å². The van der Waals surface area contributed by atoms with Crippen LogP contribution >= 0.6 is 0 Å². The lowest BCUT2D eigenvalue weighted by Gasteiger charge is -2.18. The Bertz CT molecular complexity index is 570. The second-order valence-electron chi connectivity index (χ2n) is 4.24. The van der Waals surface area contributed by atoms with Crippen molar-refractivity contribution in [2.75, 3.05) is 25.9 Å². The Morgan fingerprint density at radius 1 is 1.42 bits per heavy atom. The standard InChI is InChI=1S/C12H19N3O3S/c1-4-14-12(16)8-15(3)19(17,18)11-7-10(13)6-5-9(11)2/h5-7H,4,8,13H2,1-3H3,(H,14,16). The summed E-state index contributed by atoms with van der Waals surface area (Å²) in [6.07, 6.45) is 0. The molecule has 0 radical (unpaired) electrons. The number of nitrogen functional groups attached to an aromatic ring is 1. The molecule has 1 amide bonds. The van der Waals surface area contributed by atoms with Gasteiger partial charge in [0.1, 0.15) is 0 Å². The van der Waals surface area contributed by atoms with E-state index in [0.29, 0.717) is 17.8 Å². The topological polar surface area (TPSA) is 92.5 Å².